The normalized spacial score (nSPS) is 11.2. The summed E-state index contributed by atoms with van der Waals surface area (Å²) >= 11 is 0. The van der Waals surface area contributed by atoms with Crippen molar-refractivity contribution in [3.05, 3.63) is 108 Å². The van der Waals surface area contributed by atoms with Gasteiger partial charge in [-0.05, 0) is 39.1 Å². The Hall–Kier alpha value is -3.12. The van der Waals surface area contributed by atoms with Crippen molar-refractivity contribution in [2.24, 2.45) is 0 Å². The van der Waals surface area contributed by atoms with E-state index >= 15 is 0 Å². The van der Waals surface area contributed by atoms with Crippen molar-refractivity contribution in [1.29, 1.82) is 0 Å². The van der Waals surface area contributed by atoms with Crippen LogP contribution in [-0.4, -0.2) is 0 Å². The molecule has 0 heterocycles. The van der Waals surface area contributed by atoms with Crippen LogP contribution in [0.3, 0.4) is 0 Å². The molecular formula is C24H17. The van der Waals surface area contributed by atoms with Gasteiger partial charge in [-0.15, -0.1) is 0 Å². The van der Waals surface area contributed by atoms with Crippen molar-refractivity contribution in [3.63, 3.8) is 0 Å². The minimum atomic E-state index is 1.13. The first-order valence-corrected chi connectivity index (χ1v) is 8.13. The lowest BCUT2D eigenvalue weighted by Crippen LogP contribution is -1.80. The Balaban J connectivity index is 1.59. The fourth-order valence-corrected chi connectivity index (χ4v) is 2.81. The highest BCUT2D eigenvalue weighted by Gasteiger charge is 2.00. The first-order valence-electron chi connectivity index (χ1n) is 8.13. The third kappa shape index (κ3) is 3.13. The predicted octanol–water partition coefficient (Wildman–Crippen LogP) is 6.48. The molecule has 4 rings (SSSR count). The van der Waals surface area contributed by atoms with Crippen LogP contribution in [0.2, 0.25) is 0 Å². The quantitative estimate of drug-likeness (QED) is 0.380. The van der Waals surface area contributed by atoms with E-state index < -0.39 is 0 Å². The minimum absolute atomic E-state index is 1.13. The number of rotatable bonds is 3. The molecule has 0 saturated carbocycles. The van der Waals surface area contributed by atoms with Gasteiger partial charge in [-0.3, -0.25) is 0 Å². The van der Waals surface area contributed by atoms with Gasteiger partial charge in [0.1, 0.15) is 0 Å². The van der Waals surface area contributed by atoms with E-state index in [0.717, 1.165) is 10.9 Å². The number of hydrogen-bond donors (Lipinski definition) is 0. The summed E-state index contributed by atoms with van der Waals surface area (Å²) in [5.41, 5.74) is 4.73. The summed E-state index contributed by atoms with van der Waals surface area (Å²) in [5.74, 6) is 0. The fourth-order valence-electron chi connectivity index (χ4n) is 2.81. The highest BCUT2D eigenvalue weighted by Crippen LogP contribution is 2.24. The molecule has 0 nitrogen and oxygen atoms in total. The maximum absolute atomic E-state index is 3.50. The van der Waals surface area contributed by atoms with Crippen LogP contribution < -0.4 is 0 Å². The van der Waals surface area contributed by atoms with Gasteiger partial charge in [0.25, 0.3) is 0 Å². The molecule has 0 unspecified atom stereocenters. The number of fused-ring (bicyclic) bond motifs is 1. The Labute approximate surface area is 142 Å². The first-order chi connectivity index (χ1) is 11.9. The summed E-state index contributed by atoms with van der Waals surface area (Å²) in [4.78, 5) is 0. The van der Waals surface area contributed by atoms with E-state index in [1.54, 1.807) is 0 Å². The van der Waals surface area contributed by atoms with Gasteiger partial charge in [0.2, 0.25) is 0 Å². The van der Waals surface area contributed by atoms with Crippen LogP contribution >= 0.6 is 0 Å². The van der Waals surface area contributed by atoms with E-state index in [9.17, 15) is 0 Å². The molecule has 0 aliphatic heterocycles. The fraction of sp³-hybridized carbons (Fsp3) is 0. The van der Waals surface area contributed by atoms with Gasteiger partial charge in [0.15, 0.2) is 0 Å². The summed E-state index contributed by atoms with van der Waals surface area (Å²) in [5, 5.41) is 2.38. The zero-order chi connectivity index (χ0) is 16.2. The zero-order valence-corrected chi connectivity index (χ0v) is 13.3. The maximum atomic E-state index is 3.50. The van der Waals surface area contributed by atoms with E-state index in [-0.39, 0.29) is 0 Å². The lowest BCUT2D eigenvalue weighted by molar-refractivity contribution is 1.61. The van der Waals surface area contributed by atoms with Gasteiger partial charge >= 0.3 is 0 Å². The van der Waals surface area contributed by atoms with Crippen LogP contribution in [0.1, 0.15) is 11.1 Å². The van der Waals surface area contributed by atoms with Gasteiger partial charge in [0, 0.05) is 0 Å². The van der Waals surface area contributed by atoms with Crippen LogP contribution in [-0.2, 0) is 0 Å². The molecule has 0 spiro atoms. The minimum Gasteiger partial charge on any atom is -0.0622 e. The van der Waals surface area contributed by atoms with E-state index in [1.165, 1.54) is 22.1 Å². The van der Waals surface area contributed by atoms with Crippen molar-refractivity contribution in [2.75, 3.05) is 0 Å². The first kappa shape index (κ1) is 14.5. The third-order valence-corrected chi connectivity index (χ3v) is 4.15. The molecule has 113 valence electrons. The van der Waals surface area contributed by atoms with Gasteiger partial charge in [-0.25, -0.2) is 0 Å². The van der Waals surface area contributed by atoms with E-state index in [1.807, 2.05) is 6.07 Å². The summed E-state index contributed by atoms with van der Waals surface area (Å²) in [6.45, 7) is 0. The second-order valence-corrected chi connectivity index (χ2v) is 5.83. The van der Waals surface area contributed by atoms with Crippen LogP contribution in [0, 0.1) is 6.07 Å². The molecule has 1 radical (unpaired) electrons. The van der Waals surface area contributed by atoms with Gasteiger partial charge < -0.3 is 0 Å². The Kier molecular flexibility index (Phi) is 3.95. The van der Waals surface area contributed by atoms with Crippen molar-refractivity contribution in [1.82, 2.24) is 0 Å². The smallest absolute Gasteiger partial charge is 0.00143 e. The Morgan fingerprint density at radius 2 is 1.21 bits per heavy atom. The topological polar surface area (TPSA) is 0 Å². The second-order valence-electron chi connectivity index (χ2n) is 5.83. The highest BCUT2D eigenvalue weighted by atomic mass is 14.0. The number of hydrogen-bond acceptors (Lipinski definition) is 0. The maximum Gasteiger partial charge on any atom is -0.00143 e. The van der Waals surface area contributed by atoms with Crippen LogP contribution in [0.15, 0.2) is 91.0 Å². The van der Waals surface area contributed by atoms with E-state index in [0.29, 0.717) is 0 Å². The van der Waals surface area contributed by atoms with Crippen molar-refractivity contribution < 1.29 is 0 Å². The summed E-state index contributed by atoms with van der Waals surface area (Å²) in [7, 11) is 0. The standard InChI is InChI=1S/C24H17/c1-2-6-19(7-3-1)10-11-20-12-14-22(15-13-20)24-17-16-21-8-4-5-9-23(21)18-24/h1-17H. The molecule has 0 saturated heterocycles. The average molecular weight is 305 g/mol. The van der Waals surface area contributed by atoms with E-state index in [2.05, 4.69) is 103 Å². The summed E-state index contributed by atoms with van der Waals surface area (Å²) < 4.78 is 0. The third-order valence-electron chi connectivity index (χ3n) is 4.15. The molecule has 0 bridgehead atoms. The van der Waals surface area contributed by atoms with Gasteiger partial charge in [-0.1, -0.05) is 103 Å². The van der Waals surface area contributed by atoms with Gasteiger partial charge in [0.05, 0.1) is 0 Å². The van der Waals surface area contributed by atoms with Crippen LogP contribution in [0.25, 0.3) is 34.1 Å². The molecule has 0 amide bonds. The molecule has 0 fully saturated rings. The van der Waals surface area contributed by atoms with Crippen LogP contribution in [0.5, 0.6) is 0 Å². The molecule has 0 aliphatic carbocycles. The lowest BCUT2D eigenvalue weighted by Gasteiger charge is -2.04. The molecular weight excluding hydrogens is 288 g/mol. The zero-order valence-electron chi connectivity index (χ0n) is 13.3. The summed E-state index contributed by atoms with van der Waals surface area (Å²) in [6, 6.07) is 35.1. The molecule has 0 heteroatoms. The lowest BCUT2D eigenvalue weighted by atomic mass is 10.00. The number of benzene rings is 4. The molecule has 0 aromatic heterocycles. The molecule has 4 aromatic rings. The average Bonchev–Trinajstić information content (AvgIpc) is 2.67. The molecule has 4 aromatic carbocycles. The Bertz CT molecular complexity index is 977. The highest BCUT2D eigenvalue weighted by molar-refractivity contribution is 5.86. The van der Waals surface area contributed by atoms with Crippen molar-refractivity contribution in [2.45, 2.75) is 0 Å². The van der Waals surface area contributed by atoms with E-state index in [4.69, 9.17) is 0 Å². The summed E-state index contributed by atoms with van der Waals surface area (Å²) in [6.07, 6.45) is 4.28. The molecule has 0 atom stereocenters. The molecule has 0 aliphatic rings. The largest absolute Gasteiger partial charge is 0.0622 e. The predicted molar refractivity (Wildman–Crippen MR) is 104 cm³/mol. The van der Waals surface area contributed by atoms with Crippen molar-refractivity contribution in [3.8, 4) is 11.1 Å². The molecule has 24 heavy (non-hydrogen) atoms. The SMILES string of the molecule is [c]1c(-c2ccc(C=Cc3ccccc3)cc2)ccc2ccccc12. The monoisotopic (exact) mass is 305 g/mol. The molecule has 0 N–H and O–H groups in total. The van der Waals surface area contributed by atoms with Crippen LogP contribution in [0.4, 0.5) is 0 Å². The Morgan fingerprint density at radius 3 is 2.00 bits per heavy atom. The van der Waals surface area contributed by atoms with Crippen molar-refractivity contribution >= 4 is 22.9 Å². The Morgan fingerprint density at radius 1 is 0.542 bits per heavy atom. The van der Waals surface area contributed by atoms with Gasteiger partial charge in [-0.2, -0.15) is 0 Å². The second kappa shape index (κ2) is 6.55.